The largest absolute Gasteiger partial charge is 0.476 e. The third kappa shape index (κ3) is 2.02. The molecule has 1 aliphatic rings. The van der Waals surface area contributed by atoms with Gasteiger partial charge in [-0.1, -0.05) is 0 Å². The summed E-state index contributed by atoms with van der Waals surface area (Å²) in [5.74, 6) is -0.249. The first-order valence-corrected chi connectivity index (χ1v) is 5.63. The lowest BCUT2D eigenvalue weighted by Crippen LogP contribution is -2.52. The van der Waals surface area contributed by atoms with E-state index in [2.05, 4.69) is 0 Å². The normalized spacial score (nSPS) is 16.8. The highest BCUT2D eigenvalue weighted by molar-refractivity contribution is 6.02. The first-order valence-electron chi connectivity index (χ1n) is 5.63. The lowest BCUT2D eigenvalue weighted by molar-refractivity contribution is -0.132. The molecule has 0 fully saturated rings. The van der Waals surface area contributed by atoms with Gasteiger partial charge in [0.25, 0.3) is 5.91 Å². The van der Waals surface area contributed by atoms with Crippen molar-refractivity contribution in [1.29, 1.82) is 5.26 Å². The Morgan fingerprint density at radius 2 is 2.22 bits per heavy atom. The number of benzene rings is 1. The first kappa shape index (κ1) is 12.4. The highest BCUT2D eigenvalue weighted by atomic mass is 19.1. The lowest BCUT2D eigenvalue weighted by Gasteiger charge is -2.38. The van der Waals surface area contributed by atoms with Gasteiger partial charge in [0.1, 0.15) is 11.6 Å². The summed E-state index contributed by atoms with van der Waals surface area (Å²) in [4.78, 5) is 13.6. The van der Waals surface area contributed by atoms with Crippen LogP contribution in [0.3, 0.4) is 0 Å². The van der Waals surface area contributed by atoms with E-state index in [9.17, 15) is 9.18 Å². The average Bonchev–Trinajstić information content (AvgIpc) is 2.31. The van der Waals surface area contributed by atoms with Gasteiger partial charge in [-0.2, -0.15) is 5.26 Å². The summed E-state index contributed by atoms with van der Waals surface area (Å²) in [7, 11) is 0. The molecule has 18 heavy (non-hydrogen) atoms. The van der Waals surface area contributed by atoms with Gasteiger partial charge in [-0.3, -0.25) is 4.79 Å². The van der Waals surface area contributed by atoms with Gasteiger partial charge in [0.05, 0.1) is 18.2 Å². The predicted octanol–water partition coefficient (Wildman–Crippen LogP) is 2.24. The highest BCUT2D eigenvalue weighted by Gasteiger charge is 2.40. The van der Waals surface area contributed by atoms with E-state index in [1.165, 1.54) is 23.1 Å². The van der Waals surface area contributed by atoms with E-state index in [1.807, 2.05) is 6.07 Å². The fourth-order valence-corrected chi connectivity index (χ4v) is 1.92. The van der Waals surface area contributed by atoms with E-state index in [4.69, 9.17) is 10.00 Å². The van der Waals surface area contributed by atoms with Gasteiger partial charge >= 0.3 is 0 Å². The Labute approximate surface area is 105 Å². The van der Waals surface area contributed by atoms with Crippen LogP contribution in [0.2, 0.25) is 0 Å². The van der Waals surface area contributed by atoms with Crippen LogP contribution in [0.1, 0.15) is 20.3 Å². The van der Waals surface area contributed by atoms with Crippen molar-refractivity contribution in [2.75, 3.05) is 11.4 Å². The van der Waals surface area contributed by atoms with Gasteiger partial charge < -0.3 is 9.64 Å². The third-order valence-electron chi connectivity index (χ3n) is 2.78. The van der Waals surface area contributed by atoms with Crippen LogP contribution in [0.25, 0.3) is 0 Å². The Morgan fingerprint density at radius 1 is 1.50 bits per heavy atom. The Morgan fingerprint density at radius 3 is 2.89 bits per heavy atom. The Bertz CT molecular complexity index is 534. The number of rotatable bonds is 2. The minimum atomic E-state index is -1.000. The molecule has 0 aliphatic carbocycles. The second-order valence-electron chi connectivity index (χ2n) is 4.59. The molecule has 1 heterocycles. The summed E-state index contributed by atoms with van der Waals surface area (Å²) >= 11 is 0. The van der Waals surface area contributed by atoms with Crippen LogP contribution in [0, 0.1) is 17.1 Å². The zero-order valence-electron chi connectivity index (χ0n) is 10.2. The average molecular weight is 248 g/mol. The van der Waals surface area contributed by atoms with E-state index in [1.54, 1.807) is 13.8 Å². The van der Waals surface area contributed by atoms with Gasteiger partial charge in [0.15, 0.2) is 5.60 Å². The van der Waals surface area contributed by atoms with Gasteiger partial charge in [-0.25, -0.2) is 4.39 Å². The summed E-state index contributed by atoms with van der Waals surface area (Å²) in [5.41, 5.74) is -0.616. The van der Waals surface area contributed by atoms with Crippen LogP contribution in [-0.2, 0) is 4.79 Å². The standard InChI is InChI=1S/C13H13FN2O2/c1-13(2)12(17)16(7-3-6-15)10-8-9(14)4-5-11(10)18-13/h4-5,8H,3,7H2,1-2H3. The van der Waals surface area contributed by atoms with E-state index in [0.29, 0.717) is 11.4 Å². The maximum atomic E-state index is 13.3. The van der Waals surface area contributed by atoms with Crippen LogP contribution in [0.4, 0.5) is 10.1 Å². The number of carbonyl (C=O) groups is 1. The number of fused-ring (bicyclic) bond motifs is 1. The number of nitriles is 1. The van der Waals surface area contributed by atoms with Crippen LogP contribution >= 0.6 is 0 Å². The van der Waals surface area contributed by atoms with Crippen molar-refractivity contribution in [2.45, 2.75) is 25.9 Å². The van der Waals surface area contributed by atoms with Crippen LogP contribution < -0.4 is 9.64 Å². The number of carbonyl (C=O) groups excluding carboxylic acids is 1. The molecule has 1 aromatic rings. The monoisotopic (exact) mass is 248 g/mol. The smallest absolute Gasteiger partial charge is 0.270 e. The molecule has 1 aromatic carbocycles. The van der Waals surface area contributed by atoms with Crippen LogP contribution in [0.5, 0.6) is 5.75 Å². The van der Waals surface area contributed by atoms with Gasteiger partial charge in [0.2, 0.25) is 0 Å². The Hall–Kier alpha value is -2.09. The fourth-order valence-electron chi connectivity index (χ4n) is 1.92. The van der Waals surface area contributed by atoms with E-state index >= 15 is 0 Å². The molecule has 0 spiro atoms. The summed E-state index contributed by atoms with van der Waals surface area (Å²) in [6, 6.07) is 6.01. The fraction of sp³-hybridized carbons (Fsp3) is 0.385. The van der Waals surface area contributed by atoms with Crippen molar-refractivity contribution in [1.82, 2.24) is 0 Å². The first-order chi connectivity index (χ1) is 8.45. The molecule has 0 unspecified atom stereocenters. The maximum absolute atomic E-state index is 13.3. The highest BCUT2D eigenvalue weighted by Crippen LogP contribution is 2.38. The number of amides is 1. The SMILES string of the molecule is CC1(C)Oc2ccc(F)cc2N(CCC#N)C1=O. The molecular weight excluding hydrogens is 235 g/mol. The molecule has 5 heteroatoms. The summed E-state index contributed by atoms with van der Waals surface area (Å²) in [6.45, 7) is 3.54. The molecule has 4 nitrogen and oxygen atoms in total. The number of anilines is 1. The van der Waals surface area contributed by atoms with Crippen molar-refractivity contribution in [3.05, 3.63) is 24.0 Å². The molecule has 0 aromatic heterocycles. The predicted molar refractivity (Wildman–Crippen MR) is 63.7 cm³/mol. The number of ether oxygens (including phenoxy) is 1. The minimum absolute atomic E-state index is 0.192. The number of hydrogen-bond donors (Lipinski definition) is 0. The lowest BCUT2D eigenvalue weighted by atomic mass is 10.0. The third-order valence-corrected chi connectivity index (χ3v) is 2.78. The van der Waals surface area contributed by atoms with Gasteiger partial charge in [-0.15, -0.1) is 0 Å². The van der Waals surface area contributed by atoms with Crippen molar-refractivity contribution >= 4 is 11.6 Å². The molecule has 1 aliphatic heterocycles. The molecule has 1 amide bonds. The maximum Gasteiger partial charge on any atom is 0.270 e. The Kier molecular flexibility index (Phi) is 2.95. The zero-order chi connectivity index (χ0) is 13.3. The molecule has 0 atom stereocenters. The minimum Gasteiger partial charge on any atom is -0.476 e. The molecular formula is C13H13FN2O2. The van der Waals surface area contributed by atoms with Crippen molar-refractivity contribution in [3.63, 3.8) is 0 Å². The zero-order valence-corrected chi connectivity index (χ0v) is 10.2. The molecule has 0 radical (unpaired) electrons. The van der Waals surface area contributed by atoms with Crippen LogP contribution in [-0.4, -0.2) is 18.1 Å². The van der Waals surface area contributed by atoms with Gasteiger partial charge in [-0.05, 0) is 26.0 Å². The van der Waals surface area contributed by atoms with Crippen molar-refractivity contribution in [3.8, 4) is 11.8 Å². The molecule has 0 saturated heterocycles. The Balaban J connectivity index is 2.47. The molecule has 0 bridgehead atoms. The van der Waals surface area contributed by atoms with E-state index in [-0.39, 0.29) is 18.9 Å². The second-order valence-corrected chi connectivity index (χ2v) is 4.59. The molecule has 0 N–H and O–H groups in total. The number of halogens is 1. The van der Waals surface area contributed by atoms with Crippen molar-refractivity contribution in [2.24, 2.45) is 0 Å². The summed E-state index contributed by atoms with van der Waals surface area (Å²) < 4.78 is 18.8. The van der Waals surface area contributed by atoms with Crippen molar-refractivity contribution < 1.29 is 13.9 Å². The summed E-state index contributed by atoms with van der Waals surface area (Å²) in [6.07, 6.45) is 0.192. The topological polar surface area (TPSA) is 53.3 Å². The second kappa shape index (κ2) is 4.30. The van der Waals surface area contributed by atoms with Gasteiger partial charge in [0, 0.05) is 12.6 Å². The van der Waals surface area contributed by atoms with E-state index < -0.39 is 11.4 Å². The number of hydrogen-bond acceptors (Lipinski definition) is 3. The molecule has 94 valence electrons. The van der Waals surface area contributed by atoms with Crippen LogP contribution in [0.15, 0.2) is 18.2 Å². The number of nitrogens with zero attached hydrogens (tertiary/aromatic N) is 2. The molecule has 0 saturated carbocycles. The molecule has 2 rings (SSSR count). The summed E-state index contributed by atoms with van der Waals surface area (Å²) in [5, 5.41) is 8.62. The quantitative estimate of drug-likeness (QED) is 0.806. The van der Waals surface area contributed by atoms with E-state index in [0.717, 1.165) is 0 Å².